The average Bonchev–Trinajstić information content (AvgIpc) is 3.32. The fourth-order valence-electron chi connectivity index (χ4n) is 3.56. The Bertz CT molecular complexity index is 942. The van der Waals surface area contributed by atoms with Crippen molar-refractivity contribution in [3.63, 3.8) is 0 Å². The number of Topliss-reactive ketones (excluding diaryl/α,β-unsaturated/α-hetero) is 1. The first-order valence-electron chi connectivity index (χ1n) is 9.33. The predicted octanol–water partition coefficient (Wildman–Crippen LogP) is 5.04. The molecule has 1 aliphatic rings. The number of ketones is 1. The number of carbonyl (C=O) groups excluding carboxylic acids is 2. The predicted molar refractivity (Wildman–Crippen MR) is 111 cm³/mol. The second-order valence-electron chi connectivity index (χ2n) is 7.03. The highest BCUT2D eigenvalue weighted by molar-refractivity contribution is 7.18. The summed E-state index contributed by atoms with van der Waals surface area (Å²) in [5.74, 6) is 0.458. The maximum absolute atomic E-state index is 12.6. The summed E-state index contributed by atoms with van der Waals surface area (Å²) in [6, 6.07) is 12.0. The Balaban J connectivity index is 1.37. The van der Waals surface area contributed by atoms with Crippen molar-refractivity contribution in [2.75, 3.05) is 13.1 Å². The molecule has 0 saturated carbocycles. The molecule has 0 N–H and O–H groups in total. The van der Waals surface area contributed by atoms with Crippen LogP contribution in [-0.2, 0) is 4.79 Å². The number of para-hydroxylation sites is 1. The van der Waals surface area contributed by atoms with E-state index in [1.165, 1.54) is 16.0 Å². The molecule has 140 valence electrons. The van der Waals surface area contributed by atoms with Crippen molar-refractivity contribution in [1.29, 1.82) is 0 Å². The molecule has 1 aromatic carbocycles. The number of fused-ring (bicyclic) bond motifs is 1. The van der Waals surface area contributed by atoms with Crippen molar-refractivity contribution in [1.82, 2.24) is 9.88 Å². The number of thiophene rings is 1. The number of hydrogen-bond donors (Lipinski definition) is 0. The lowest BCUT2D eigenvalue weighted by atomic mass is 9.98. The van der Waals surface area contributed by atoms with Crippen LogP contribution in [0.5, 0.6) is 0 Å². The summed E-state index contributed by atoms with van der Waals surface area (Å²) in [6.45, 7) is 3.49. The fourth-order valence-corrected chi connectivity index (χ4v) is 5.48. The number of amides is 1. The van der Waals surface area contributed by atoms with Gasteiger partial charge in [0.2, 0.25) is 5.91 Å². The molecule has 0 unspecified atom stereocenters. The lowest BCUT2D eigenvalue weighted by molar-refractivity contribution is -0.132. The second kappa shape index (κ2) is 7.90. The quantitative estimate of drug-likeness (QED) is 0.566. The minimum atomic E-state index is 0.0705. The largest absolute Gasteiger partial charge is 0.342 e. The lowest BCUT2D eigenvalue weighted by Crippen LogP contribution is -2.39. The summed E-state index contributed by atoms with van der Waals surface area (Å²) < 4.78 is 1.20. The van der Waals surface area contributed by atoms with Crippen LogP contribution < -0.4 is 0 Å². The molecule has 1 aliphatic heterocycles. The van der Waals surface area contributed by atoms with E-state index >= 15 is 0 Å². The summed E-state index contributed by atoms with van der Waals surface area (Å²) in [5.41, 5.74) is 1.04. The van der Waals surface area contributed by atoms with E-state index in [4.69, 9.17) is 4.98 Å². The molecular weight excluding hydrogens is 376 g/mol. The van der Waals surface area contributed by atoms with Crippen LogP contribution in [0.25, 0.3) is 10.2 Å². The molecular formula is C21H22N2O2S2. The van der Waals surface area contributed by atoms with Crippen molar-refractivity contribution in [2.45, 2.75) is 38.5 Å². The Morgan fingerprint density at radius 1 is 1.15 bits per heavy atom. The van der Waals surface area contributed by atoms with Gasteiger partial charge in [0.05, 0.1) is 20.1 Å². The zero-order chi connectivity index (χ0) is 18.8. The molecule has 1 amide bonds. The molecule has 1 saturated heterocycles. The van der Waals surface area contributed by atoms with Crippen LogP contribution >= 0.6 is 22.7 Å². The maximum atomic E-state index is 12.6. The molecule has 3 aromatic rings. The molecule has 27 heavy (non-hydrogen) atoms. The zero-order valence-electron chi connectivity index (χ0n) is 15.3. The maximum Gasteiger partial charge on any atom is 0.223 e. The number of aromatic nitrogens is 1. The molecule has 4 nitrogen and oxygen atoms in total. The molecule has 6 heteroatoms. The van der Waals surface area contributed by atoms with Gasteiger partial charge in [0, 0.05) is 36.7 Å². The molecule has 0 bridgehead atoms. The van der Waals surface area contributed by atoms with Gasteiger partial charge in [0.25, 0.3) is 0 Å². The third-order valence-corrected chi connectivity index (χ3v) is 7.26. The number of likely N-dealkylation sites (tertiary alicyclic amines) is 1. The zero-order valence-corrected chi connectivity index (χ0v) is 16.9. The Morgan fingerprint density at radius 3 is 2.78 bits per heavy atom. The first-order valence-corrected chi connectivity index (χ1v) is 11.0. The molecule has 3 heterocycles. The van der Waals surface area contributed by atoms with Crippen molar-refractivity contribution in [2.24, 2.45) is 0 Å². The minimum absolute atomic E-state index is 0.0705. The third kappa shape index (κ3) is 4.12. The van der Waals surface area contributed by atoms with Gasteiger partial charge in [-0.25, -0.2) is 4.98 Å². The molecule has 0 aliphatic carbocycles. The second-order valence-corrected chi connectivity index (χ2v) is 9.38. The molecule has 4 rings (SSSR count). The van der Waals surface area contributed by atoms with Crippen molar-refractivity contribution >= 4 is 44.6 Å². The number of rotatable bonds is 5. The Labute approximate surface area is 166 Å². The molecule has 2 aromatic heterocycles. The number of piperidine rings is 1. The van der Waals surface area contributed by atoms with Crippen LogP contribution in [0.3, 0.4) is 0 Å². The van der Waals surface area contributed by atoms with E-state index < -0.39 is 0 Å². The van der Waals surface area contributed by atoms with Gasteiger partial charge >= 0.3 is 0 Å². The molecule has 1 atom stereocenters. The number of carbonyl (C=O) groups is 2. The monoisotopic (exact) mass is 398 g/mol. The fraction of sp³-hybridized carbons (Fsp3) is 0.381. The molecule has 0 spiro atoms. The first kappa shape index (κ1) is 18.3. The SMILES string of the molecule is Cc1ccc(C(=O)CCC(=O)N2CCC[C@@H](c3nc4ccccc4s3)C2)s1. The van der Waals surface area contributed by atoms with Crippen LogP contribution in [-0.4, -0.2) is 34.7 Å². The minimum Gasteiger partial charge on any atom is -0.342 e. The van der Waals surface area contributed by atoms with Gasteiger partial charge in [-0.3, -0.25) is 9.59 Å². The van der Waals surface area contributed by atoms with Crippen molar-refractivity contribution in [3.8, 4) is 0 Å². The van der Waals surface area contributed by atoms with Gasteiger partial charge in [0.15, 0.2) is 5.78 Å². The highest BCUT2D eigenvalue weighted by Crippen LogP contribution is 2.33. The average molecular weight is 399 g/mol. The standard InChI is InChI=1S/C21H22N2O2S2/c1-14-8-10-19(26-14)17(24)9-11-20(25)23-12-4-5-15(13-23)21-22-16-6-2-3-7-18(16)27-21/h2-3,6-8,10,15H,4-5,9,11-13H2,1H3/t15-/m1/s1. The number of thiazole rings is 1. The van der Waals surface area contributed by atoms with Crippen LogP contribution in [0.15, 0.2) is 36.4 Å². The van der Waals surface area contributed by atoms with Crippen molar-refractivity contribution < 1.29 is 9.59 Å². The number of hydrogen-bond acceptors (Lipinski definition) is 5. The smallest absolute Gasteiger partial charge is 0.223 e. The van der Waals surface area contributed by atoms with Crippen LogP contribution in [0.1, 0.15) is 51.2 Å². The topological polar surface area (TPSA) is 50.3 Å². The van der Waals surface area contributed by atoms with E-state index in [0.29, 0.717) is 25.3 Å². The van der Waals surface area contributed by atoms with Crippen LogP contribution in [0, 0.1) is 6.92 Å². The van der Waals surface area contributed by atoms with Crippen molar-refractivity contribution in [3.05, 3.63) is 51.2 Å². The highest BCUT2D eigenvalue weighted by Gasteiger charge is 2.27. The Morgan fingerprint density at radius 2 is 2.00 bits per heavy atom. The van der Waals surface area contributed by atoms with E-state index in [1.54, 1.807) is 11.3 Å². The van der Waals surface area contributed by atoms with Crippen LogP contribution in [0.4, 0.5) is 0 Å². The van der Waals surface area contributed by atoms with E-state index in [9.17, 15) is 9.59 Å². The lowest BCUT2D eigenvalue weighted by Gasteiger charge is -2.31. The van der Waals surface area contributed by atoms with Crippen LogP contribution in [0.2, 0.25) is 0 Å². The van der Waals surface area contributed by atoms with Gasteiger partial charge in [-0.1, -0.05) is 12.1 Å². The van der Waals surface area contributed by atoms with Gasteiger partial charge < -0.3 is 4.90 Å². The first-order chi connectivity index (χ1) is 13.1. The molecule has 1 fully saturated rings. The van der Waals surface area contributed by atoms with Gasteiger partial charge in [0.1, 0.15) is 0 Å². The number of nitrogens with zero attached hydrogens (tertiary/aromatic N) is 2. The highest BCUT2D eigenvalue weighted by atomic mass is 32.1. The van der Waals surface area contributed by atoms with E-state index in [2.05, 4.69) is 6.07 Å². The van der Waals surface area contributed by atoms with E-state index in [-0.39, 0.29) is 11.7 Å². The molecule has 0 radical (unpaired) electrons. The summed E-state index contributed by atoms with van der Waals surface area (Å²) >= 11 is 3.23. The van der Waals surface area contributed by atoms with E-state index in [1.807, 2.05) is 42.2 Å². The normalized spacial score (nSPS) is 17.4. The number of benzene rings is 1. The number of aryl methyl sites for hydroxylation is 1. The van der Waals surface area contributed by atoms with Gasteiger partial charge in [-0.05, 0) is 44.0 Å². The summed E-state index contributed by atoms with van der Waals surface area (Å²) in [5, 5.41) is 1.12. The summed E-state index contributed by atoms with van der Waals surface area (Å²) in [4.78, 5) is 33.5. The van der Waals surface area contributed by atoms with Gasteiger partial charge in [-0.15, -0.1) is 22.7 Å². The summed E-state index contributed by atoms with van der Waals surface area (Å²) in [7, 11) is 0. The third-order valence-electron chi connectivity index (χ3n) is 5.01. The summed E-state index contributed by atoms with van der Waals surface area (Å²) in [6.07, 6.45) is 2.64. The van der Waals surface area contributed by atoms with Gasteiger partial charge in [-0.2, -0.15) is 0 Å². The van der Waals surface area contributed by atoms with E-state index in [0.717, 1.165) is 39.7 Å². The Kier molecular flexibility index (Phi) is 5.36. The Hall–Kier alpha value is -2.05.